The summed E-state index contributed by atoms with van der Waals surface area (Å²) in [6.07, 6.45) is 12.2. The Morgan fingerprint density at radius 2 is 1.71 bits per heavy atom. The lowest BCUT2D eigenvalue weighted by Gasteiger charge is -2.29. The van der Waals surface area contributed by atoms with Crippen molar-refractivity contribution in [1.82, 2.24) is 4.81 Å². The van der Waals surface area contributed by atoms with Crippen molar-refractivity contribution >= 4 is 12.3 Å². The normalized spacial score (nSPS) is 17.1. The third-order valence-corrected chi connectivity index (χ3v) is 3.01. The van der Waals surface area contributed by atoms with E-state index in [-0.39, 0.29) is 12.7 Å². The number of halogens is 1. The fraction of sp³-hybridized carbons (Fsp3) is 0. The van der Waals surface area contributed by atoms with Gasteiger partial charge in [-0.3, -0.25) is 0 Å². The summed E-state index contributed by atoms with van der Waals surface area (Å²) in [6.45, 7) is 0.218. The van der Waals surface area contributed by atoms with E-state index in [1.165, 1.54) is 17.6 Å². The molecule has 82 valence electrons. The molecule has 0 fully saturated rings. The molecule has 0 radical (unpaired) electrons. The van der Waals surface area contributed by atoms with Crippen LogP contribution in [0, 0.1) is 5.82 Å². The van der Waals surface area contributed by atoms with E-state index < -0.39 is 0 Å². The molecule has 0 bridgehead atoms. The molecule has 17 heavy (non-hydrogen) atoms. The van der Waals surface area contributed by atoms with Crippen molar-refractivity contribution in [2.24, 2.45) is 0 Å². The molecule has 0 aromatic heterocycles. The monoisotopic (exact) mass is 223 g/mol. The molecule has 1 nitrogen and oxygen atoms in total. The number of nitrogens with zero attached hydrogens (tertiary/aromatic N) is 1. The lowest BCUT2D eigenvalue weighted by Crippen LogP contribution is -2.34. The van der Waals surface area contributed by atoms with E-state index in [2.05, 4.69) is 16.9 Å². The van der Waals surface area contributed by atoms with Gasteiger partial charge in [-0.1, -0.05) is 30.3 Å². The molecule has 0 spiro atoms. The predicted molar refractivity (Wildman–Crippen MR) is 69.4 cm³/mol. The molecule has 0 N–H and O–H groups in total. The quantitative estimate of drug-likeness (QED) is 0.661. The van der Waals surface area contributed by atoms with Gasteiger partial charge in [-0.25, -0.2) is 4.39 Å². The third-order valence-electron chi connectivity index (χ3n) is 3.01. The van der Waals surface area contributed by atoms with Crippen LogP contribution >= 0.6 is 0 Å². The van der Waals surface area contributed by atoms with Crippen LogP contribution in [-0.2, 0) is 0 Å². The van der Waals surface area contributed by atoms with Crippen LogP contribution in [0.25, 0.3) is 5.47 Å². The molecule has 2 aliphatic heterocycles. The van der Waals surface area contributed by atoms with E-state index in [0.717, 1.165) is 5.56 Å². The van der Waals surface area contributed by atoms with Crippen LogP contribution < -0.4 is 0 Å². The zero-order chi connectivity index (χ0) is 11.7. The van der Waals surface area contributed by atoms with E-state index in [1.807, 2.05) is 42.8 Å². The van der Waals surface area contributed by atoms with Crippen molar-refractivity contribution in [1.29, 1.82) is 0 Å². The molecule has 3 heteroatoms. The SMILES string of the molecule is Fc1ccc(C2=CC=CN3C=CC=CB23)cc1. The maximum atomic E-state index is 12.9. The van der Waals surface area contributed by atoms with Crippen LogP contribution in [0.1, 0.15) is 5.56 Å². The summed E-state index contributed by atoms with van der Waals surface area (Å²) in [4.78, 5) is 2.14. The van der Waals surface area contributed by atoms with E-state index >= 15 is 0 Å². The van der Waals surface area contributed by atoms with Gasteiger partial charge in [0.05, 0.1) is 0 Å². The van der Waals surface area contributed by atoms with Gasteiger partial charge in [-0.2, -0.15) is 0 Å². The van der Waals surface area contributed by atoms with Gasteiger partial charge < -0.3 is 4.81 Å². The maximum Gasteiger partial charge on any atom is 0.320 e. The number of rotatable bonds is 1. The molecule has 0 unspecified atom stereocenters. The summed E-state index contributed by atoms with van der Waals surface area (Å²) in [5.74, 6) is 1.94. The van der Waals surface area contributed by atoms with E-state index in [1.54, 1.807) is 0 Å². The van der Waals surface area contributed by atoms with E-state index in [4.69, 9.17) is 0 Å². The van der Waals surface area contributed by atoms with E-state index in [9.17, 15) is 4.39 Å². The highest BCUT2D eigenvalue weighted by Crippen LogP contribution is 2.26. The fourth-order valence-corrected chi connectivity index (χ4v) is 2.17. The fourth-order valence-electron chi connectivity index (χ4n) is 2.17. The first-order chi connectivity index (χ1) is 8.34. The molecular formula is C14H11BFN. The number of allylic oxidation sites excluding steroid dienone is 4. The van der Waals surface area contributed by atoms with Gasteiger partial charge in [-0.15, -0.1) is 0 Å². The maximum absolute atomic E-state index is 12.9. The Kier molecular flexibility index (Phi) is 2.44. The predicted octanol–water partition coefficient (Wildman–Crippen LogP) is 3.19. The first kappa shape index (κ1) is 10.1. The Bertz CT molecular complexity index is 540. The highest BCUT2D eigenvalue weighted by Gasteiger charge is 2.25. The lowest BCUT2D eigenvalue weighted by atomic mass is 9.50. The van der Waals surface area contributed by atoms with Crippen LogP contribution in [0.2, 0.25) is 0 Å². The molecule has 0 aliphatic carbocycles. The van der Waals surface area contributed by atoms with Crippen molar-refractivity contribution in [2.45, 2.75) is 0 Å². The van der Waals surface area contributed by atoms with Crippen molar-refractivity contribution in [2.75, 3.05) is 0 Å². The Balaban J connectivity index is 2.00. The zero-order valence-corrected chi connectivity index (χ0v) is 9.25. The summed E-state index contributed by atoms with van der Waals surface area (Å²) >= 11 is 0. The van der Waals surface area contributed by atoms with Gasteiger partial charge in [-0.05, 0) is 47.7 Å². The van der Waals surface area contributed by atoms with Crippen molar-refractivity contribution in [3.8, 4) is 0 Å². The Morgan fingerprint density at radius 3 is 2.53 bits per heavy atom. The summed E-state index contributed by atoms with van der Waals surface area (Å²) < 4.78 is 12.9. The number of hydrogen-bond acceptors (Lipinski definition) is 1. The highest BCUT2D eigenvalue weighted by atomic mass is 19.1. The molecule has 0 amide bonds. The van der Waals surface area contributed by atoms with E-state index in [0.29, 0.717) is 0 Å². The van der Waals surface area contributed by atoms with Gasteiger partial charge in [0, 0.05) is 0 Å². The topological polar surface area (TPSA) is 3.24 Å². The van der Waals surface area contributed by atoms with Gasteiger partial charge in [0.1, 0.15) is 5.82 Å². The van der Waals surface area contributed by atoms with Gasteiger partial charge in [0.25, 0.3) is 0 Å². The van der Waals surface area contributed by atoms with Crippen LogP contribution in [0.5, 0.6) is 0 Å². The summed E-state index contributed by atoms with van der Waals surface area (Å²) in [5, 5.41) is 0. The number of fused-ring (bicyclic) bond motifs is 1. The molecule has 0 saturated carbocycles. The summed E-state index contributed by atoms with van der Waals surface area (Å²) in [6, 6.07) is 6.65. The zero-order valence-electron chi connectivity index (χ0n) is 9.25. The average molecular weight is 223 g/mol. The minimum absolute atomic E-state index is 0.198. The summed E-state index contributed by atoms with van der Waals surface area (Å²) in [5.41, 5.74) is 2.25. The van der Waals surface area contributed by atoms with Crippen molar-refractivity contribution < 1.29 is 4.39 Å². The molecular weight excluding hydrogens is 212 g/mol. The van der Waals surface area contributed by atoms with Crippen LogP contribution in [0.4, 0.5) is 4.39 Å². The smallest absolute Gasteiger partial charge is 0.320 e. The number of benzene rings is 1. The second-order valence-corrected chi connectivity index (χ2v) is 4.09. The second kappa shape index (κ2) is 4.09. The summed E-state index contributed by atoms with van der Waals surface area (Å²) in [7, 11) is 0. The Hall–Kier alpha value is -2.03. The number of hydrogen-bond donors (Lipinski definition) is 0. The first-order valence-electron chi connectivity index (χ1n) is 5.61. The minimum atomic E-state index is -0.198. The molecule has 2 heterocycles. The standard InChI is InChI=1S/C14H11BFN/c16-13-7-5-12(6-8-13)14-4-3-11-17-10-2-1-9-15(14)17/h1-11H. The molecule has 1 aromatic rings. The van der Waals surface area contributed by atoms with Crippen molar-refractivity contribution in [3.63, 3.8) is 0 Å². The molecule has 1 aromatic carbocycles. The minimum Gasteiger partial charge on any atom is -0.390 e. The Labute approximate surface area is 100 Å². The molecule has 3 rings (SSSR count). The average Bonchev–Trinajstić information content (AvgIpc) is 2.39. The molecule has 0 saturated heterocycles. The van der Waals surface area contributed by atoms with Gasteiger partial charge >= 0.3 is 6.85 Å². The highest BCUT2D eigenvalue weighted by molar-refractivity contribution is 6.81. The van der Waals surface area contributed by atoms with Gasteiger partial charge in [0.15, 0.2) is 0 Å². The lowest BCUT2D eigenvalue weighted by molar-refractivity contribution is 0.627. The van der Waals surface area contributed by atoms with Crippen LogP contribution in [-0.4, -0.2) is 11.7 Å². The first-order valence-corrected chi connectivity index (χ1v) is 5.61. The van der Waals surface area contributed by atoms with Gasteiger partial charge in [0.2, 0.25) is 0 Å². The molecule has 2 aliphatic rings. The van der Waals surface area contributed by atoms with Crippen molar-refractivity contribution in [3.05, 3.63) is 78.3 Å². The third kappa shape index (κ3) is 1.84. The van der Waals surface area contributed by atoms with Crippen LogP contribution in [0.3, 0.4) is 0 Å². The second-order valence-electron chi connectivity index (χ2n) is 4.09. The Morgan fingerprint density at radius 1 is 0.941 bits per heavy atom. The largest absolute Gasteiger partial charge is 0.390 e. The van der Waals surface area contributed by atoms with Crippen LogP contribution in [0.15, 0.2) is 66.9 Å². The molecule has 0 atom stereocenters.